The highest BCUT2D eigenvalue weighted by Crippen LogP contribution is 2.16. The number of thiophene rings is 1. The molecule has 1 heterocycles. The lowest BCUT2D eigenvalue weighted by molar-refractivity contribution is 0.102. The van der Waals surface area contributed by atoms with E-state index in [1.807, 2.05) is 6.07 Å². The van der Waals surface area contributed by atoms with Gasteiger partial charge in [-0.2, -0.15) is 0 Å². The topological polar surface area (TPSA) is 53.2 Å². The van der Waals surface area contributed by atoms with E-state index in [1.54, 1.807) is 47.7 Å². The molecule has 1 amide bonds. The lowest BCUT2D eigenvalue weighted by atomic mass is 10.2. The monoisotopic (exact) mass is 399 g/mol. The van der Waals surface area contributed by atoms with E-state index < -0.39 is 11.7 Å². The fraction of sp³-hybridized carbons (Fsp3) is 0.100. The maximum atomic E-state index is 13.7. The first-order valence-corrected chi connectivity index (χ1v) is 9.64. The summed E-state index contributed by atoms with van der Waals surface area (Å²) < 4.78 is 13.7. The molecule has 0 unspecified atom stereocenters. The number of benzene rings is 2. The zero-order valence-corrected chi connectivity index (χ0v) is 16.0. The Kier molecular flexibility index (Phi) is 6.51. The van der Waals surface area contributed by atoms with Crippen molar-refractivity contribution < 1.29 is 9.18 Å². The van der Waals surface area contributed by atoms with Crippen LogP contribution in [-0.2, 0) is 6.42 Å². The van der Waals surface area contributed by atoms with Crippen LogP contribution in [0.5, 0.6) is 0 Å². The fourth-order valence-corrected chi connectivity index (χ4v) is 3.34. The van der Waals surface area contributed by atoms with Gasteiger partial charge in [0, 0.05) is 22.8 Å². The van der Waals surface area contributed by atoms with Crippen molar-refractivity contribution in [1.82, 2.24) is 5.32 Å². The highest BCUT2D eigenvalue weighted by molar-refractivity contribution is 7.80. The number of hydrogen-bond donors (Lipinski definition) is 3. The number of carbonyl (C=O) groups excluding carboxylic acids is 1. The van der Waals surface area contributed by atoms with Crippen LogP contribution >= 0.6 is 23.6 Å². The molecule has 0 aliphatic carbocycles. The first-order valence-electron chi connectivity index (χ1n) is 8.35. The van der Waals surface area contributed by atoms with Crippen molar-refractivity contribution in [2.45, 2.75) is 6.42 Å². The molecule has 0 spiro atoms. The molecule has 0 atom stereocenters. The van der Waals surface area contributed by atoms with Crippen LogP contribution in [0.2, 0.25) is 0 Å². The minimum atomic E-state index is -0.549. The van der Waals surface area contributed by atoms with Crippen LogP contribution in [0.15, 0.2) is 66.0 Å². The van der Waals surface area contributed by atoms with Gasteiger partial charge < -0.3 is 16.0 Å². The Labute approximate surface area is 166 Å². The first-order chi connectivity index (χ1) is 13.1. The molecule has 0 radical (unpaired) electrons. The maximum absolute atomic E-state index is 13.7. The van der Waals surface area contributed by atoms with Crippen LogP contribution in [0, 0.1) is 5.82 Å². The molecule has 138 valence electrons. The standard InChI is InChI=1S/C20H18FN3OS2/c21-18-6-2-1-5-17(18)19(25)23-14-7-9-15(10-8-14)24-20(26)22-12-11-16-4-3-13-27-16/h1-10,13H,11-12H2,(H,23,25)(H2,22,24,26). The Balaban J connectivity index is 1.49. The summed E-state index contributed by atoms with van der Waals surface area (Å²) in [5.74, 6) is -1.04. The second-order valence-electron chi connectivity index (χ2n) is 5.72. The van der Waals surface area contributed by atoms with Crippen LogP contribution in [0.3, 0.4) is 0 Å². The number of thiocarbonyl (C=S) groups is 1. The van der Waals surface area contributed by atoms with Gasteiger partial charge in [-0.05, 0) is 66.5 Å². The zero-order valence-electron chi connectivity index (χ0n) is 14.4. The van der Waals surface area contributed by atoms with Gasteiger partial charge in [0.05, 0.1) is 5.56 Å². The third kappa shape index (κ3) is 5.60. The first kappa shape index (κ1) is 19.0. The van der Waals surface area contributed by atoms with Gasteiger partial charge in [-0.15, -0.1) is 11.3 Å². The quantitative estimate of drug-likeness (QED) is 0.528. The van der Waals surface area contributed by atoms with Crippen LogP contribution in [0.25, 0.3) is 0 Å². The van der Waals surface area contributed by atoms with E-state index >= 15 is 0 Å². The smallest absolute Gasteiger partial charge is 0.258 e. The van der Waals surface area contributed by atoms with Crippen molar-refractivity contribution in [3.63, 3.8) is 0 Å². The summed E-state index contributed by atoms with van der Waals surface area (Å²) in [6.07, 6.45) is 0.917. The van der Waals surface area contributed by atoms with Gasteiger partial charge >= 0.3 is 0 Å². The van der Waals surface area contributed by atoms with Gasteiger partial charge in [0.1, 0.15) is 5.82 Å². The van der Waals surface area contributed by atoms with Gasteiger partial charge in [-0.3, -0.25) is 4.79 Å². The highest BCUT2D eigenvalue weighted by atomic mass is 32.1. The van der Waals surface area contributed by atoms with Crippen molar-refractivity contribution >= 4 is 45.9 Å². The minimum Gasteiger partial charge on any atom is -0.362 e. The van der Waals surface area contributed by atoms with Crippen molar-refractivity contribution in [3.05, 3.63) is 82.3 Å². The second kappa shape index (κ2) is 9.25. The number of rotatable bonds is 6. The number of anilines is 2. The molecular weight excluding hydrogens is 381 g/mol. The predicted octanol–water partition coefficient (Wildman–Crippen LogP) is 4.67. The molecule has 0 saturated carbocycles. The number of carbonyl (C=O) groups is 1. The average molecular weight is 400 g/mol. The largest absolute Gasteiger partial charge is 0.362 e. The van der Waals surface area contributed by atoms with Crippen LogP contribution in [0.4, 0.5) is 15.8 Å². The molecule has 7 heteroatoms. The summed E-state index contributed by atoms with van der Waals surface area (Å²) >= 11 is 7.00. The summed E-state index contributed by atoms with van der Waals surface area (Å²) in [6, 6.07) is 17.1. The zero-order chi connectivity index (χ0) is 19.1. The molecular formula is C20H18FN3OS2. The average Bonchev–Trinajstić information content (AvgIpc) is 3.17. The lowest BCUT2D eigenvalue weighted by Gasteiger charge is -2.11. The third-order valence-electron chi connectivity index (χ3n) is 3.76. The number of halogens is 1. The number of amides is 1. The summed E-state index contributed by atoms with van der Waals surface area (Å²) in [5.41, 5.74) is 1.38. The molecule has 3 aromatic rings. The van der Waals surface area contributed by atoms with Crippen molar-refractivity contribution in [2.75, 3.05) is 17.2 Å². The van der Waals surface area contributed by atoms with E-state index in [0.717, 1.165) is 18.7 Å². The Morgan fingerprint density at radius 2 is 1.67 bits per heavy atom. The van der Waals surface area contributed by atoms with Gasteiger partial charge in [0.2, 0.25) is 0 Å². The molecule has 3 rings (SSSR count). The molecule has 2 aromatic carbocycles. The molecule has 1 aromatic heterocycles. The summed E-state index contributed by atoms with van der Waals surface area (Å²) in [5, 5.41) is 11.5. The van der Waals surface area contributed by atoms with E-state index in [0.29, 0.717) is 10.8 Å². The third-order valence-corrected chi connectivity index (χ3v) is 4.94. The molecule has 0 saturated heterocycles. The molecule has 0 aliphatic heterocycles. The van der Waals surface area contributed by atoms with E-state index in [-0.39, 0.29) is 5.56 Å². The van der Waals surface area contributed by atoms with E-state index in [1.165, 1.54) is 17.0 Å². The number of nitrogens with one attached hydrogen (secondary N) is 3. The van der Waals surface area contributed by atoms with Crippen LogP contribution in [0.1, 0.15) is 15.2 Å². The minimum absolute atomic E-state index is 0.0100. The van der Waals surface area contributed by atoms with Crippen molar-refractivity contribution in [3.8, 4) is 0 Å². The summed E-state index contributed by atoms with van der Waals surface area (Å²) in [6.45, 7) is 0.753. The normalized spacial score (nSPS) is 10.3. The van der Waals surface area contributed by atoms with E-state index in [2.05, 4.69) is 27.4 Å². The van der Waals surface area contributed by atoms with Gasteiger partial charge in [-0.25, -0.2) is 4.39 Å². The number of hydrogen-bond acceptors (Lipinski definition) is 3. The Hall–Kier alpha value is -2.77. The summed E-state index contributed by atoms with van der Waals surface area (Å²) in [7, 11) is 0. The molecule has 0 bridgehead atoms. The van der Waals surface area contributed by atoms with Gasteiger partial charge in [0.25, 0.3) is 5.91 Å². The highest BCUT2D eigenvalue weighted by Gasteiger charge is 2.10. The van der Waals surface area contributed by atoms with Gasteiger partial charge in [0.15, 0.2) is 5.11 Å². The lowest BCUT2D eigenvalue weighted by Crippen LogP contribution is -2.30. The van der Waals surface area contributed by atoms with E-state index in [9.17, 15) is 9.18 Å². The van der Waals surface area contributed by atoms with Crippen LogP contribution < -0.4 is 16.0 Å². The Morgan fingerprint density at radius 3 is 2.33 bits per heavy atom. The molecule has 4 nitrogen and oxygen atoms in total. The molecule has 3 N–H and O–H groups in total. The Morgan fingerprint density at radius 1 is 0.963 bits per heavy atom. The Bertz CT molecular complexity index is 911. The SMILES string of the molecule is O=C(Nc1ccc(NC(=S)NCCc2cccs2)cc1)c1ccccc1F. The maximum Gasteiger partial charge on any atom is 0.258 e. The predicted molar refractivity (Wildman–Crippen MR) is 113 cm³/mol. The van der Waals surface area contributed by atoms with Crippen molar-refractivity contribution in [2.24, 2.45) is 0 Å². The molecule has 0 fully saturated rings. The molecule has 27 heavy (non-hydrogen) atoms. The van der Waals surface area contributed by atoms with Gasteiger partial charge in [-0.1, -0.05) is 18.2 Å². The molecule has 0 aliphatic rings. The fourth-order valence-electron chi connectivity index (χ4n) is 2.41. The van der Waals surface area contributed by atoms with E-state index in [4.69, 9.17) is 12.2 Å². The second-order valence-corrected chi connectivity index (χ2v) is 7.16. The van der Waals surface area contributed by atoms with Crippen molar-refractivity contribution in [1.29, 1.82) is 0 Å². The van der Waals surface area contributed by atoms with Crippen LogP contribution in [-0.4, -0.2) is 17.6 Å². The summed E-state index contributed by atoms with van der Waals surface area (Å²) in [4.78, 5) is 13.4.